The highest BCUT2D eigenvalue weighted by Crippen LogP contribution is 2.19. The highest BCUT2D eigenvalue weighted by Gasteiger charge is 2.17. The smallest absolute Gasteiger partial charge is 0.339 e. The molecule has 6 nitrogen and oxygen atoms in total. The minimum atomic E-state index is -0.553. The van der Waals surface area contributed by atoms with Crippen LogP contribution in [0.5, 0.6) is 0 Å². The number of nitrogens with one attached hydrogen (secondary N) is 1. The first-order valence-corrected chi connectivity index (χ1v) is 8.62. The Morgan fingerprint density at radius 1 is 1.16 bits per heavy atom. The lowest BCUT2D eigenvalue weighted by Crippen LogP contribution is -2.37. The number of rotatable bonds is 6. The van der Waals surface area contributed by atoms with Crippen molar-refractivity contribution >= 4 is 34.8 Å². The lowest BCUT2D eigenvalue weighted by atomic mass is 10.1. The quantitative estimate of drug-likeness (QED) is 0.804. The SMILES string of the molecule is Cc1cccc(C)c1NC(=O)CN(C)C(=O)COC(=O)c1ccsc1. The molecule has 0 aliphatic carbocycles. The van der Waals surface area contributed by atoms with Gasteiger partial charge in [-0.2, -0.15) is 11.3 Å². The second-order valence-corrected chi connectivity index (χ2v) is 6.43. The summed E-state index contributed by atoms with van der Waals surface area (Å²) in [6, 6.07) is 7.35. The van der Waals surface area contributed by atoms with Gasteiger partial charge >= 0.3 is 5.97 Å². The van der Waals surface area contributed by atoms with Crippen LogP contribution in [0.4, 0.5) is 5.69 Å². The van der Waals surface area contributed by atoms with Crippen molar-refractivity contribution in [3.63, 3.8) is 0 Å². The third kappa shape index (κ3) is 5.15. The number of amides is 2. The number of thiophene rings is 1. The molecule has 1 aromatic heterocycles. The number of ether oxygens (including phenoxy) is 1. The molecule has 1 N–H and O–H groups in total. The lowest BCUT2D eigenvalue weighted by Gasteiger charge is -2.18. The summed E-state index contributed by atoms with van der Waals surface area (Å²) in [4.78, 5) is 37.1. The van der Waals surface area contributed by atoms with E-state index in [2.05, 4.69) is 5.32 Å². The van der Waals surface area contributed by atoms with Crippen LogP contribution < -0.4 is 5.32 Å². The summed E-state index contributed by atoms with van der Waals surface area (Å²) in [6.07, 6.45) is 0. The molecule has 132 valence electrons. The zero-order valence-corrected chi connectivity index (χ0v) is 15.2. The van der Waals surface area contributed by atoms with Crippen LogP contribution in [0.2, 0.25) is 0 Å². The van der Waals surface area contributed by atoms with Gasteiger partial charge < -0.3 is 15.0 Å². The average molecular weight is 360 g/mol. The van der Waals surface area contributed by atoms with Gasteiger partial charge in [-0.3, -0.25) is 9.59 Å². The van der Waals surface area contributed by atoms with Gasteiger partial charge in [-0.15, -0.1) is 0 Å². The number of nitrogens with zero attached hydrogens (tertiary/aromatic N) is 1. The van der Waals surface area contributed by atoms with Gasteiger partial charge in [-0.1, -0.05) is 18.2 Å². The number of carbonyl (C=O) groups is 3. The number of hydrogen-bond donors (Lipinski definition) is 1. The maximum Gasteiger partial charge on any atom is 0.339 e. The Labute approximate surface area is 150 Å². The molecule has 0 aliphatic rings. The van der Waals surface area contributed by atoms with E-state index in [0.717, 1.165) is 16.8 Å². The zero-order chi connectivity index (χ0) is 18.4. The van der Waals surface area contributed by atoms with Gasteiger partial charge in [0.05, 0.1) is 12.1 Å². The summed E-state index contributed by atoms with van der Waals surface area (Å²) in [7, 11) is 1.49. The Kier molecular flexibility index (Phi) is 6.30. The first-order valence-electron chi connectivity index (χ1n) is 7.68. The van der Waals surface area contributed by atoms with E-state index in [1.165, 1.54) is 23.3 Å². The van der Waals surface area contributed by atoms with Crippen molar-refractivity contribution in [2.75, 3.05) is 25.5 Å². The van der Waals surface area contributed by atoms with Crippen LogP contribution in [-0.2, 0) is 14.3 Å². The monoisotopic (exact) mass is 360 g/mol. The van der Waals surface area contributed by atoms with Crippen LogP contribution in [0, 0.1) is 13.8 Å². The summed E-state index contributed by atoms with van der Waals surface area (Å²) in [5, 5.41) is 6.21. The van der Waals surface area contributed by atoms with Crippen LogP contribution in [0.25, 0.3) is 0 Å². The van der Waals surface area contributed by atoms with Gasteiger partial charge in [0.1, 0.15) is 0 Å². The number of aryl methyl sites for hydroxylation is 2. The largest absolute Gasteiger partial charge is 0.452 e. The van der Waals surface area contributed by atoms with Crippen LogP contribution >= 0.6 is 11.3 Å². The number of para-hydroxylation sites is 1. The van der Waals surface area contributed by atoms with Crippen molar-refractivity contribution in [3.05, 3.63) is 51.7 Å². The number of likely N-dealkylation sites (N-methyl/N-ethyl adjacent to an activating group) is 1. The van der Waals surface area contributed by atoms with Crippen LogP contribution in [0.3, 0.4) is 0 Å². The molecule has 0 unspecified atom stereocenters. The molecule has 0 radical (unpaired) electrons. The topological polar surface area (TPSA) is 75.7 Å². The Hall–Kier alpha value is -2.67. The van der Waals surface area contributed by atoms with Crippen molar-refractivity contribution in [1.82, 2.24) is 4.90 Å². The molecule has 0 atom stereocenters. The zero-order valence-electron chi connectivity index (χ0n) is 14.4. The molecule has 0 fully saturated rings. The molecule has 0 aliphatic heterocycles. The van der Waals surface area contributed by atoms with Crippen molar-refractivity contribution in [2.45, 2.75) is 13.8 Å². The Morgan fingerprint density at radius 3 is 2.44 bits per heavy atom. The normalized spacial score (nSPS) is 10.2. The van der Waals surface area contributed by atoms with Gasteiger partial charge in [-0.25, -0.2) is 4.79 Å². The predicted octanol–water partition coefficient (Wildman–Crippen LogP) is 2.62. The standard InChI is InChI=1S/C18H20N2O4S/c1-12-5-4-6-13(2)17(12)19-15(21)9-20(3)16(22)10-24-18(23)14-7-8-25-11-14/h4-8,11H,9-10H2,1-3H3,(H,19,21). The molecule has 7 heteroatoms. The third-order valence-electron chi connectivity index (χ3n) is 3.64. The highest BCUT2D eigenvalue weighted by atomic mass is 32.1. The van der Waals surface area contributed by atoms with Crippen LogP contribution in [0.15, 0.2) is 35.0 Å². The van der Waals surface area contributed by atoms with E-state index >= 15 is 0 Å². The molecule has 1 heterocycles. The minimum absolute atomic E-state index is 0.122. The Balaban J connectivity index is 1.84. The maximum absolute atomic E-state index is 12.1. The molecule has 2 rings (SSSR count). The summed E-state index contributed by atoms with van der Waals surface area (Å²) >= 11 is 1.37. The first kappa shape index (κ1) is 18.7. The molecule has 0 bridgehead atoms. The van der Waals surface area contributed by atoms with Crippen molar-refractivity contribution in [2.24, 2.45) is 0 Å². The van der Waals surface area contributed by atoms with Crippen molar-refractivity contribution in [1.29, 1.82) is 0 Å². The van der Waals surface area contributed by atoms with E-state index < -0.39 is 18.5 Å². The highest BCUT2D eigenvalue weighted by molar-refractivity contribution is 7.08. The molecule has 25 heavy (non-hydrogen) atoms. The number of benzene rings is 1. The average Bonchev–Trinajstić information content (AvgIpc) is 3.10. The van der Waals surface area contributed by atoms with Gasteiger partial charge in [0.25, 0.3) is 5.91 Å². The van der Waals surface area contributed by atoms with E-state index in [0.29, 0.717) is 5.56 Å². The maximum atomic E-state index is 12.1. The van der Waals surface area contributed by atoms with Gasteiger partial charge in [0, 0.05) is 18.1 Å². The predicted molar refractivity (Wildman–Crippen MR) is 96.8 cm³/mol. The van der Waals surface area contributed by atoms with E-state index in [9.17, 15) is 14.4 Å². The van der Waals surface area contributed by atoms with Crippen molar-refractivity contribution in [3.8, 4) is 0 Å². The number of carbonyl (C=O) groups excluding carboxylic acids is 3. The molecule has 2 aromatic rings. The van der Waals surface area contributed by atoms with Gasteiger partial charge in [0.15, 0.2) is 6.61 Å². The molecule has 2 amide bonds. The first-order chi connectivity index (χ1) is 11.9. The minimum Gasteiger partial charge on any atom is -0.452 e. The van der Waals surface area contributed by atoms with E-state index in [4.69, 9.17) is 4.74 Å². The van der Waals surface area contributed by atoms with Gasteiger partial charge in [0.2, 0.25) is 5.91 Å². The summed E-state index contributed by atoms with van der Waals surface area (Å²) in [5.41, 5.74) is 3.06. The molecule has 0 saturated heterocycles. The molecule has 1 aromatic carbocycles. The second kappa shape index (κ2) is 8.43. The van der Waals surface area contributed by atoms with E-state index in [1.807, 2.05) is 32.0 Å². The molecular weight excluding hydrogens is 340 g/mol. The van der Waals surface area contributed by atoms with Crippen LogP contribution in [0.1, 0.15) is 21.5 Å². The third-order valence-corrected chi connectivity index (χ3v) is 4.32. The fourth-order valence-electron chi connectivity index (χ4n) is 2.20. The fraction of sp³-hybridized carbons (Fsp3) is 0.278. The second-order valence-electron chi connectivity index (χ2n) is 5.65. The molecule has 0 saturated carbocycles. The molecule has 0 spiro atoms. The van der Waals surface area contributed by atoms with E-state index in [-0.39, 0.29) is 12.5 Å². The fourth-order valence-corrected chi connectivity index (χ4v) is 2.82. The number of hydrogen-bond acceptors (Lipinski definition) is 5. The molecular formula is C18H20N2O4S. The summed E-state index contributed by atoms with van der Waals surface area (Å²) < 4.78 is 4.95. The number of anilines is 1. The van der Waals surface area contributed by atoms with Crippen molar-refractivity contribution < 1.29 is 19.1 Å². The van der Waals surface area contributed by atoms with E-state index in [1.54, 1.807) is 16.8 Å². The lowest BCUT2D eigenvalue weighted by molar-refractivity contribution is -0.136. The Morgan fingerprint density at radius 2 is 1.84 bits per heavy atom. The summed E-state index contributed by atoms with van der Waals surface area (Å²) in [5.74, 6) is -1.30. The summed E-state index contributed by atoms with van der Waals surface area (Å²) in [6.45, 7) is 3.28. The van der Waals surface area contributed by atoms with Crippen LogP contribution in [-0.4, -0.2) is 42.9 Å². The number of esters is 1. The Bertz CT molecular complexity index is 751. The van der Waals surface area contributed by atoms with Gasteiger partial charge in [-0.05, 0) is 36.4 Å².